The molecule has 0 bridgehead atoms. The van der Waals surface area contributed by atoms with E-state index in [4.69, 9.17) is 5.11 Å². The number of carbonyl (C=O) groups excluding carboxylic acids is 3. The van der Waals surface area contributed by atoms with Gasteiger partial charge in [-0.2, -0.15) is 0 Å². The molecule has 0 heterocycles. The molecule has 2 aromatic carbocycles. The Morgan fingerprint density at radius 3 is 2.22 bits per heavy atom. The van der Waals surface area contributed by atoms with Gasteiger partial charge in [0.05, 0.1) is 6.54 Å². The van der Waals surface area contributed by atoms with Gasteiger partial charge in [0.15, 0.2) is 0 Å². The number of phenols is 1. The first-order valence-corrected chi connectivity index (χ1v) is 13.7. The minimum Gasteiger partial charge on any atom is -0.480 e. The van der Waals surface area contributed by atoms with Crippen LogP contribution in [0.2, 0.25) is 0 Å². The number of carbonyl (C=O) groups is 4. The SMILES string of the molecule is CC(=O)N[C@@H](Cc1ccc(O)c(N=Nc2ccc([As](=O)(O)O)cc2)c1)C(=O)NCC(=O)NCC(=O)O. The van der Waals surface area contributed by atoms with Crippen LogP contribution in [0, 0.1) is 0 Å². The van der Waals surface area contributed by atoms with Crippen LogP contribution >= 0.6 is 0 Å². The van der Waals surface area contributed by atoms with Crippen molar-refractivity contribution in [2.24, 2.45) is 10.2 Å². The van der Waals surface area contributed by atoms with Gasteiger partial charge < -0.3 is 15.7 Å². The fourth-order valence-electron chi connectivity index (χ4n) is 2.82. The molecule has 192 valence electrons. The predicted octanol–water partition coefficient (Wildman–Crippen LogP) is -1.27. The number of azo groups is 1. The maximum atomic E-state index is 12.5. The first kappa shape index (κ1) is 28.2. The first-order valence-electron chi connectivity index (χ1n) is 10.3. The molecular weight excluding hydrogens is 541 g/mol. The van der Waals surface area contributed by atoms with Crippen LogP contribution in [0.5, 0.6) is 5.75 Å². The molecule has 15 heteroatoms. The Kier molecular flexibility index (Phi) is 9.91. The summed E-state index contributed by atoms with van der Waals surface area (Å²) in [5, 5.41) is 33.4. The number of carboxylic acids is 1. The average molecular weight is 565 g/mol. The van der Waals surface area contributed by atoms with Crippen LogP contribution in [0.25, 0.3) is 0 Å². The van der Waals surface area contributed by atoms with Crippen molar-refractivity contribution in [3.05, 3.63) is 48.0 Å². The van der Waals surface area contributed by atoms with Crippen LogP contribution in [0.15, 0.2) is 52.7 Å². The molecule has 3 amide bonds. The number of amides is 3. The van der Waals surface area contributed by atoms with Gasteiger partial charge in [0.1, 0.15) is 6.54 Å². The molecule has 0 saturated carbocycles. The number of nitrogens with one attached hydrogen (secondary N) is 3. The summed E-state index contributed by atoms with van der Waals surface area (Å²) in [5.41, 5.74) is 0.778. The van der Waals surface area contributed by atoms with E-state index in [9.17, 15) is 36.2 Å². The Morgan fingerprint density at radius 2 is 1.64 bits per heavy atom. The Hall–Kier alpha value is -4.00. The van der Waals surface area contributed by atoms with Crippen molar-refractivity contribution in [3.63, 3.8) is 0 Å². The van der Waals surface area contributed by atoms with E-state index in [0.717, 1.165) is 0 Å². The van der Waals surface area contributed by atoms with Crippen molar-refractivity contribution in [2.75, 3.05) is 13.1 Å². The molecule has 0 aromatic heterocycles. The van der Waals surface area contributed by atoms with Crippen molar-refractivity contribution in [3.8, 4) is 5.75 Å². The topological polar surface area (TPSA) is 227 Å². The zero-order valence-electron chi connectivity index (χ0n) is 18.9. The zero-order chi connectivity index (χ0) is 26.9. The third-order valence-corrected chi connectivity index (χ3v) is 6.53. The van der Waals surface area contributed by atoms with Gasteiger partial charge in [-0.1, -0.05) is 0 Å². The number of carboxylic acid groups (broad SMARTS) is 1. The van der Waals surface area contributed by atoms with E-state index in [-0.39, 0.29) is 27.9 Å². The molecule has 0 aliphatic carbocycles. The smallest absolute Gasteiger partial charge is 0.480 e. The second kappa shape index (κ2) is 12.6. The van der Waals surface area contributed by atoms with E-state index in [1.165, 1.54) is 49.4 Å². The molecule has 0 saturated heterocycles. The van der Waals surface area contributed by atoms with Crippen LogP contribution < -0.4 is 20.3 Å². The number of aromatic hydroxyl groups is 1. The maximum absolute atomic E-state index is 12.5. The van der Waals surface area contributed by atoms with Crippen molar-refractivity contribution in [2.45, 2.75) is 19.4 Å². The molecule has 7 N–H and O–H groups in total. The van der Waals surface area contributed by atoms with Crippen LogP contribution in [-0.2, 0) is 29.3 Å². The molecule has 36 heavy (non-hydrogen) atoms. The Balaban J connectivity index is 2.12. The number of aliphatic carboxylic acids is 1. The number of phenolic OH excluding ortho intramolecular Hbond substituents is 1. The summed E-state index contributed by atoms with van der Waals surface area (Å²) in [6, 6.07) is 8.29. The summed E-state index contributed by atoms with van der Waals surface area (Å²) in [6.45, 7) is 0.0948. The van der Waals surface area contributed by atoms with E-state index in [1.54, 1.807) is 0 Å². The van der Waals surface area contributed by atoms with Crippen LogP contribution in [-0.4, -0.2) is 75.4 Å². The first-order chi connectivity index (χ1) is 16.8. The third kappa shape index (κ3) is 9.33. The summed E-state index contributed by atoms with van der Waals surface area (Å²) in [4.78, 5) is 46.2. The van der Waals surface area contributed by atoms with Gasteiger partial charge in [-0.3, -0.25) is 19.2 Å². The minimum absolute atomic E-state index is 0.0331. The van der Waals surface area contributed by atoms with E-state index < -0.39 is 57.0 Å². The second-order valence-corrected chi connectivity index (χ2v) is 10.8. The van der Waals surface area contributed by atoms with Gasteiger partial charge in [0, 0.05) is 6.92 Å². The van der Waals surface area contributed by atoms with Crippen molar-refractivity contribution in [1.29, 1.82) is 0 Å². The Morgan fingerprint density at radius 1 is 0.972 bits per heavy atom. The quantitative estimate of drug-likeness (QED) is 0.127. The second-order valence-electron chi connectivity index (χ2n) is 7.43. The molecule has 2 rings (SSSR count). The summed E-state index contributed by atoms with van der Waals surface area (Å²) in [7, 11) is 0. The molecule has 0 fully saturated rings. The molecule has 2 aromatic rings. The van der Waals surface area contributed by atoms with Gasteiger partial charge in [-0.25, -0.2) is 0 Å². The number of rotatable bonds is 11. The molecule has 1 atom stereocenters. The normalized spacial score (nSPS) is 12.1. The number of hydrogen-bond acceptors (Lipinski definition) is 8. The number of hydrogen-bond donors (Lipinski definition) is 7. The standard InChI is InChI=1S/C21H24AsN5O9/c1-12(28)25-17(21(33)24-10-19(30)23-11-20(31)32)9-13-2-7-18(29)16(8-13)27-26-15-5-3-14(4-6-15)22(34,35)36/h2-8,17,29H,9-11H2,1H3,(H,23,30)(H,24,33)(H,25,28)(H,31,32)(H2,34,35,36)/t17-/m0/s1. The summed E-state index contributed by atoms with van der Waals surface area (Å²) in [6.07, 6.45) is -0.0377. The molecule has 0 unspecified atom stereocenters. The molecule has 0 aliphatic heterocycles. The van der Waals surface area contributed by atoms with E-state index >= 15 is 0 Å². The van der Waals surface area contributed by atoms with E-state index in [1.807, 2.05) is 0 Å². The predicted molar refractivity (Wildman–Crippen MR) is 124 cm³/mol. The van der Waals surface area contributed by atoms with E-state index in [2.05, 4.69) is 26.2 Å². The molecule has 14 nitrogen and oxygen atoms in total. The summed E-state index contributed by atoms with van der Waals surface area (Å²) >= 11 is -5.03. The summed E-state index contributed by atoms with van der Waals surface area (Å²) < 4.78 is 29.6. The molecule has 0 aliphatic rings. The fraction of sp³-hybridized carbons (Fsp3) is 0.238. The molecular formula is C21H24AsN5O9. The van der Waals surface area contributed by atoms with Crippen molar-refractivity contribution >= 4 is 53.6 Å². The van der Waals surface area contributed by atoms with E-state index in [0.29, 0.717) is 5.56 Å². The van der Waals surface area contributed by atoms with Crippen LogP contribution in [0.1, 0.15) is 12.5 Å². The van der Waals surface area contributed by atoms with Gasteiger partial charge in [0.2, 0.25) is 11.8 Å². The monoisotopic (exact) mass is 565 g/mol. The number of benzene rings is 2. The molecule has 0 radical (unpaired) electrons. The van der Waals surface area contributed by atoms with Gasteiger partial charge in [-0.05, 0) is 0 Å². The van der Waals surface area contributed by atoms with Crippen molar-refractivity contribution in [1.82, 2.24) is 16.0 Å². The zero-order valence-corrected chi connectivity index (χ0v) is 20.8. The third-order valence-electron chi connectivity index (χ3n) is 4.49. The van der Waals surface area contributed by atoms with Gasteiger partial charge in [-0.15, -0.1) is 0 Å². The van der Waals surface area contributed by atoms with Crippen molar-refractivity contribution < 1.29 is 41.3 Å². The molecule has 0 spiro atoms. The summed E-state index contributed by atoms with van der Waals surface area (Å²) in [5.74, 6) is -3.41. The van der Waals surface area contributed by atoms with Gasteiger partial charge in [0.25, 0.3) is 0 Å². The number of nitrogens with zero attached hydrogens (tertiary/aromatic N) is 2. The Bertz CT molecular complexity index is 1210. The minimum atomic E-state index is -5.03. The average Bonchev–Trinajstić information content (AvgIpc) is 2.80. The fourth-order valence-corrected chi connectivity index (χ4v) is 3.95. The van der Waals surface area contributed by atoms with Gasteiger partial charge >= 0.3 is 141 Å². The van der Waals surface area contributed by atoms with Crippen LogP contribution in [0.4, 0.5) is 11.4 Å². The van der Waals surface area contributed by atoms with Crippen LogP contribution in [0.3, 0.4) is 0 Å². The Labute approximate surface area is 207 Å².